The fourth-order valence-corrected chi connectivity index (χ4v) is 3.76. The van der Waals surface area contributed by atoms with E-state index < -0.39 is 0 Å². The molecule has 1 fully saturated rings. The van der Waals surface area contributed by atoms with Crippen molar-refractivity contribution in [1.82, 2.24) is 15.1 Å². The summed E-state index contributed by atoms with van der Waals surface area (Å²) in [5.41, 5.74) is 1.64. The zero-order chi connectivity index (χ0) is 23.9. The molecular weight excluding hydrogens is 436 g/mol. The van der Waals surface area contributed by atoms with Gasteiger partial charge in [0.1, 0.15) is 11.5 Å². The van der Waals surface area contributed by atoms with E-state index in [9.17, 15) is 4.79 Å². The molecule has 178 valence electrons. The minimum Gasteiger partial charge on any atom is -0.497 e. The lowest BCUT2D eigenvalue weighted by Crippen LogP contribution is -2.50. The molecule has 0 radical (unpaired) electrons. The van der Waals surface area contributed by atoms with Gasteiger partial charge in [0.2, 0.25) is 0 Å². The quantitative estimate of drug-likeness (QED) is 0.503. The maximum absolute atomic E-state index is 12.6. The van der Waals surface area contributed by atoms with Crippen molar-refractivity contribution in [1.29, 1.82) is 0 Å². The molecule has 1 aromatic heterocycles. The smallest absolute Gasteiger partial charge is 0.260 e. The molecule has 0 saturated carbocycles. The van der Waals surface area contributed by atoms with Gasteiger partial charge in [-0.2, -0.15) is 0 Å². The number of hydrogen-bond acceptors (Lipinski definition) is 8. The minimum atomic E-state index is -0.0441. The molecule has 1 aliphatic rings. The molecule has 2 aromatic carbocycles. The standard InChI is InChI=1S/C25H28N4O5/c1-31-19-5-4-6-20(16-19)34-17-25(30)29-13-11-28(12-14-29)24-10-8-21(26-27-24)18-7-9-22(32-2)23(15-18)33-3/h4-10,15-16H,11-14,17H2,1-3H3. The predicted molar refractivity (Wildman–Crippen MR) is 128 cm³/mol. The molecule has 9 nitrogen and oxygen atoms in total. The van der Waals surface area contributed by atoms with Crippen LogP contribution in [0.4, 0.5) is 5.82 Å². The zero-order valence-corrected chi connectivity index (χ0v) is 19.6. The average Bonchev–Trinajstić information content (AvgIpc) is 2.91. The van der Waals surface area contributed by atoms with Gasteiger partial charge in [0.25, 0.3) is 5.91 Å². The van der Waals surface area contributed by atoms with E-state index in [2.05, 4.69) is 15.1 Å². The molecule has 4 rings (SSSR count). The summed E-state index contributed by atoms with van der Waals surface area (Å²) in [4.78, 5) is 16.5. The zero-order valence-electron chi connectivity index (χ0n) is 19.6. The molecule has 0 aliphatic carbocycles. The number of nitrogens with zero attached hydrogens (tertiary/aromatic N) is 4. The van der Waals surface area contributed by atoms with E-state index in [-0.39, 0.29) is 12.5 Å². The van der Waals surface area contributed by atoms with Crippen molar-refractivity contribution in [2.24, 2.45) is 0 Å². The molecule has 0 atom stereocenters. The second kappa shape index (κ2) is 10.7. The van der Waals surface area contributed by atoms with Crippen LogP contribution in [-0.4, -0.2) is 75.1 Å². The topological polar surface area (TPSA) is 86.3 Å². The van der Waals surface area contributed by atoms with Crippen molar-refractivity contribution in [3.8, 4) is 34.3 Å². The fourth-order valence-electron chi connectivity index (χ4n) is 3.76. The first-order chi connectivity index (χ1) is 16.6. The molecule has 0 bridgehead atoms. The van der Waals surface area contributed by atoms with Gasteiger partial charge < -0.3 is 28.7 Å². The SMILES string of the molecule is COc1cccc(OCC(=O)N2CCN(c3ccc(-c4ccc(OC)c(OC)c4)nn3)CC2)c1. The minimum absolute atomic E-state index is 0.00695. The number of benzene rings is 2. The van der Waals surface area contributed by atoms with Crippen LogP contribution in [0.5, 0.6) is 23.0 Å². The van der Waals surface area contributed by atoms with Gasteiger partial charge in [-0.25, -0.2) is 0 Å². The molecule has 1 amide bonds. The van der Waals surface area contributed by atoms with Crippen LogP contribution in [-0.2, 0) is 4.79 Å². The van der Waals surface area contributed by atoms with Crippen molar-refractivity contribution in [2.75, 3.05) is 59.0 Å². The highest BCUT2D eigenvalue weighted by molar-refractivity contribution is 5.78. The summed E-state index contributed by atoms with van der Waals surface area (Å²) >= 11 is 0. The van der Waals surface area contributed by atoms with Crippen LogP contribution in [0.1, 0.15) is 0 Å². The van der Waals surface area contributed by atoms with Gasteiger partial charge in [-0.15, -0.1) is 10.2 Å². The summed E-state index contributed by atoms with van der Waals surface area (Å²) in [6, 6.07) is 16.7. The van der Waals surface area contributed by atoms with E-state index in [0.29, 0.717) is 49.2 Å². The number of aromatic nitrogens is 2. The monoisotopic (exact) mass is 464 g/mol. The summed E-state index contributed by atoms with van der Waals surface area (Å²) in [6.45, 7) is 2.54. The van der Waals surface area contributed by atoms with Crippen molar-refractivity contribution in [3.05, 3.63) is 54.6 Å². The Balaban J connectivity index is 1.31. The highest BCUT2D eigenvalue weighted by Gasteiger charge is 2.22. The number of amides is 1. The molecule has 1 saturated heterocycles. The molecule has 1 aliphatic heterocycles. The molecule has 0 unspecified atom stereocenters. The number of methoxy groups -OCH3 is 3. The van der Waals surface area contributed by atoms with Crippen LogP contribution >= 0.6 is 0 Å². The van der Waals surface area contributed by atoms with Crippen molar-refractivity contribution < 1.29 is 23.7 Å². The van der Waals surface area contributed by atoms with E-state index in [1.165, 1.54) is 0 Å². The Hall–Kier alpha value is -4.01. The molecule has 9 heteroatoms. The van der Waals surface area contributed by atoms with Crippen LogP contribution in [0, 0.1) is 0 Å². The fraction of sp³-hybridized carbons (Fsp3) is 0.320. The molecule has 34 heavy (non-hydrogen) atoms. The number of rotatable bonds is 8. The van der Waals surface area contributed by atoms with Gasteiger partial charge in [0.05, 0.1) is 27.0 Å². The Morgan fingerprint density at radius 2 is 1.59 bits per heavy atom. The number of piperazine rings is 1. The molecular formula is C25H28N4O5. The number of anilines is 1. The lowest BCUT2D eigenvalue weighted by molar-refractivity contribution is -0.133. The van der Waals surface area contributed by atoms with Gasteiger partial charge >= 0.3 is 0 Å². The highest BCUT2D eigenvalue weighted by Crippen LogP contribution is 2.31. The second-order valence-electron chi connectivity index (χ2n) is 7.68. The summed E-state index contributed by atoms with van der Waals surface area (Å²) in [5.74, 6) is 3.34. The molecule has 0 N–H and O–H groups in total. The summed E-state index contributed by atoms with van der Waals surface area (Å²) < 4.78 is 21.5. The van der Waals surface area contributed by atoms with Gasteiger partial charge in [0.15, 0.2) is 23.9 Å². The first-order valence-electron chi connectivity index (χ1n) is 11.0. The maximum Gasteiger partial charge on any atom is 0.260 e. The highest BCUT2D eigenvalue weighted by atomic mass is 16.5. The third kappa shape index (κ3) is 5.31. The third-order valence-electron chi connectivity index (χ3n) is 5.69. The maximum atomic E-state index is 12.6. The van der Waals surface area contributed by atoms with Crippen LogP contribution in [0.3, 0.4) is 0 Å². The first-order valence-corrected chi connectivity index (χ1v) is 11.0. The number of carbonyl (C=O) groups excluding carboxylic acids is 1. The summed E-state index contributed by atoms with van der Waals surface area (Å²) in [5, 5.41) is 8.79. The Morgan fingerprint density at radius 3 is 2.26 bits per heavy atom. The van der Waals surface area contributed by atoms with Crippen LogP contribution in [0.2, 0.25) is 0 Å². The average molecular weight is 465 g/mol. The Bertz CT molecular complexity index is 1110. The van der Waals surface area contributed by atoms with E-state index >= 15 is 0 Å². The molecule has 3 aromatic rings. The summed E-state index contributed by atoms with van der Waals surface area (Å²) in [7, 11) is 4.80. The van der Waals surface area contributed by atoms with Crippen molar-refractivity contribution >= 4 is 11.7 Å². The van der Waals surface area contributed by atoms with E-state index in [1.807, 2.05) is 47.4 Å². The number of ether oxygens (including phenoxy) is 4. The van der Waals surface area contributed by atoms with Crippen molar-refractivity contribution in [3.63, 3.8) is 0 Å². The van der Waals surface area contributed by atoms with Crippen molar-refractivity contribution in [2.45, 2.75) is 0 Å². The van der Waals surface area contributed by atoms with E-state index in [4.69, 9.17) is 18.9 Å². The second-order valence-corrected chi connectivity index (χ2v) is 7.68. The normalized spacial score (nSPS) is 13.4. The third-order valence-corrected chi connectivity index (χ3v) is 5.69. The van der Waals surface area contributed by atoms with E-state index in [0.717, 1.165) is 17.1 Å². The predicted octanol–water partition coefficient (Wildman–Crippen LogP) is 2.90. The number of hydrogen-bond donors (Lipinski definition) is 0. The van der Waals surface area contributed by atoms with Gasteiger partial charge in [-0.3, -0.25) is 4.79 Å². The first kappa shape index (κ1) is 23.2. The lowest BCUT2D eigenvalue weighted by atomic mass is 10.1. The van der Waals surface area contributed by atoms with Crippen LogP contribution < -0.4 is 23.8 Å². The van der Waals surface area contributed by atoms with Gasteiger partial charge in [-0.05, 0) is 42.5 Å². The van der Waals surface area contributed by atoms with Crippen LogP contribution in [0.15, 0.2) is 54.6 Å². The Labute approximate surface area is 198 Å². The van der Waals surface area contributed by atoms with E-state index in [1.54, 1.807) is 33.5 Å². The lowest BCUT2D eigenvalue weighted by Gasteiger charge is -2.35. The largest absolute Gasteiger partial charge is 0.497 e. The van der Waals surface area contributed by atoms with Gasteiger partial charge in [0, 0.05) is 37.8 Å². The van der Waals surface area contributed by atoms with Gasteiger partial charge in [-0.1, -0.05) is 6.07 Å². The number of carbonyl (C=O) groups is 1. The van der Waals surface area contributed by atoms with Crippen LogP contribution in [0.25, 0.3) is 11.3 Å². The molecule has 0 spiro atoms. The Kier molecular flexibility index (Phi) is 7.31. The summed E-state index contributed by atoms with van der Waals surface area (Å²) in [6.07, 6.45) is 0. The Morgan fingerprint density at radius 1 is 0.824 bits per heavy atom. The molecule has 2 heterocycles.